The fourth-order valence-corrected chi connectivity index (χ4v) is 2.33. The van der Waals surface area contributed by atoms with Crippen LogP contribution in [0.1, 0.15) is 50.9 Å². The number of halogens is 1. The third-order valence-electron chi connectivity index (χ3n) is 3.16. The highest BCUT2D eigenvalue weighted by atomic mass is 35.5. The van der Waals surface area contributed by atoms with Gasteiger partial charge in [0.2, 0.25) is 6.79 Å². The lowest BCUT2D eigenvalue weighted by Crippen LogP contribution is -2.47. The van der Waals surface area contributed by atoms with E-state index in [9.17, 15) is 4.79 Å². The first-order chi connectivity index (χ1) is 9.40. The molecule has 2 rings (SSSR count). The Kier molecular flexibility index (Phi) is 6.05. The average molecular weight is 314 g/mol. The highest BCUT2D eigenvalue weighted by molar-refractivity contribution is 6.00. The molecule has 1 aliphatic rings. The van der Waals surface area contributed by atoms with E-state index < -0.39 is 0 Å². The van der Waals surface area contributed by atoms with E-state index in [-0.39, 0.29) is 36.6 Å². The van der Waals surface area contributed by atoms with E-state index >= 15 is 0 Å². The smallest absolute Gasteiger partial charge is 0.231 e. The number of Topliss-reactive ketones (excluding diaryl/α,β-unsaturated/α-hetero) is 1. The molecule has 0 aliphatic carbocycles. The summed E-state index contributed by atoms with van der Waals surface area (Å²) in [5, 5.41) is 3.40. The number of benzene rings is 1. The Labute approximate surface area is 132 Å². The van der Waals surface area contributed by atoms with Crippen molar-refractivity contribution in [3.8, 4) is 11.5 Å². The van der Waals surface area contributed by atoms with Crippen LogP contribution in [0.2, 0.25) is 0 Å². The molecule has 0 bridgehead atoms. The zero-order chi connectivity index (χ0) is 14.8. The molecule has 0 saturated carbocycles. The zero-order valence-corrected chi connectivity index (χ0v) is 13.9. The van der Waals surface area contributed by atoms with Crippen LogP contribution in [0.25, 0.3) is 0 Å². The van der Waals surface area contributed by atoms with Crippen molar-refractivity contribution < 1.29 is 14.3 Å². The molecule has 1 N–H and O–H groups in total. The summed E-state index contributed by atoms with van der Waals surface area (Å²) in [5.74, 6) is 1.47. The maximum Gasteiger partial charge on any atom is 0.231 e. The lowest BCUT2D eigenvalue weighted by molar-refractivity contribution is 0.0919. The van der Waals surface area contributed by atoms with E-state index in [0.29, 0.717) is 17.1 Å². The maximum absolute atomic E-state index is 12.7. The van der Waals surface area contributed by atoms with Crippen LogP contribution < -0.4 is 14.8 Å². The molecule has 1 aromatic rings. The number of carbonyl (C=O) groups excluding carboxylic acids is 1. The molecule has 0 fully saturated rings. The molecule has 0 spiro atoms. The molecule has 0 amide bonds. The van der Waals surface area contributed by atoms with Gasteiger partial charge in [0.05, 0.1) is 6.04 Å². The average Bonchev–Trinajstić information content (AvgIpc) is 2.83. The van der Waals surface area contributed by atoms with Gasteiger partial charge in [0.15, 0.2) is 17.3 Å². The van der Waals surface area contributed by atoms with Crippen LogP contribution in [0.5, 0.6) is 11.5 Å². The molecular formula is C16H24ClNO3. The van der Waals surface area contributed by atoms with Gasteiger partial charge in [-0.1, -0.05) is 13.3 Å². The van der Waals surface area contributed by atoms with Crippen molar-refractivity contribution in [2.75, 3.05) is 6.79 Å². The number of nitrogens with one attached hydrogen (secondary N) is 1. The number of ketones is 1. The molecule has 0 aromatic heterocycles. The maximum atomic E-state index is 12.7. The van der Waals surface area contributed by atoms with Gasteiger partial charge < -0.3 is 14.8 Å². The second-order valence-corrected chi connectivity index (χ2v) is 6.17. The Morgan fingerprint density at radius 2 is 1.95 bits per heavy atom. The second-order valence-electron chi connectivity index (χ2n) is 6.17. The minimum absolute atomic E-state index is 0. The number of fused-ring (bicyclic) bond motifs is 1. The van der Waals surface area contributed by atoms with Crippen molar-refractivity contribution in [1.82, 2.24) is 5.32 Å². The third-order valence-corrected chi connectivity index (χ3v) is 3.16. The van der Waals surface area contributed by atoms with Gasteiger partial charge in [-0.2, -0.15) is 0 Å². The highest BCUT2D eigenvalue weighted by Crippen LogP contribution is 2.33. The lowest BCUT2D eigenvalue weighted by atomic mass is 9.97. The molecule has 1 aromatic carbocycles. The quantitative estimate of drug-likeness (QED) is 0.844. The van der Waals surface area contributed by atoms with Gasteiger partial charge in [-0.25, -0.2) is 0 Å². The Morgan fingerprint density at radius 1 is 1.29 bits per heavy atom. The summed E-state index contributed by atoms with van der Waals surface area (Å²) in [6.45, 7) is 8.53. The Bertz CT molecular complexity index is 497. The normalized spacial score (nSPS) is 14.5. The lowest BCUT2D eigenvalue weighted by Gasteiger charge is -2.27. The molecule has 4 nitrogen and oxygen atoms in total. The summed E-state index contributed by atoms with van der Waals surface area (Å²) in [5.41, 5.74) is 0.579. The standard InChI is InChI=1S/C16H23NO3.ClH/c1-5-6-12(17-16(2,3)4)15(18)11-7-8-13-14(9-11)20-10-19-13;/h7-9,12,17H,5-6,10H2,1-4H3;1H. The van der Waals surface area contributed by atoms with Gasteiger partial charge in [-0.05, 0) is 45.4 Å². The largest absolute Gasteiger partial charge is 0.454 e. The van der Waals surface area contributed by atoms with Crippen LogP contribution in [-0.2, 0) is 0 Å². The van der Waals surface area contributed by atoms with Gasteiger partial charge >= 0.3 is 0 Å². The minimum atomic E-state index is -0.166. The molecule has 21 heavy (non-hydrogen) atoms. The predicted octanol–water partition coefficient (Wildman–Crippen LogP) is 3.58. The molecule has 1 atom stereocenters. The van der Waals surface area contributed by atoms with E-state index in [1.807, 2.05) is 6.07 Å². The highest BCUT2D eigenvalue weighted by Gasteiger charge is 2.25. The van der Waals surface area contributed by atoms with Gasteiger partial charge in [0, 0.05) is 11.1 Å². The molecule has 1 unspecified atom stereocenters. The number of carbonyl (C=O) groups is 1. The Morgan fingerprint density at radius 3 is 2.57 bits per heavy atom. The van der Waals surface area contributed by atoms with Crippen LogP contribution in [0, 0.1) is 0 Å². The molecular weight excluding hydrogens is 290 g/mol. The summed E-state index contributed by atoms with van der Waals surface area (Å²) in [6.07, 6.45) is 1.79. The second kappa shape index (κ2) is 7.14. The van der Waals surface area contributed by atoms with Gasteiger partial charge in [0.25, 0.3) is 0 Å². The van der Waals surface area contributed by atoms with Gasteiger partial charge in [-0.3, -0.25) is 4.79 Å². The van der Waals surface area contributed by atoms with E-state index in [2.05, 4.69) is 33.0 Å². The first-order valence-corrected chi connectivity index (χ1v) is 7.12. The van der Waals surface area contributed by atoms with Crippen LogP contribution in [-0.4, -0.2) is 24.2 Å². The van der Waals surface area contributed by atoms with Crippen molar-refractivity contribution in [2.24, 2.45) is 0 Å². The van der Waals surface area contributed by atoms with Crippen molar-refractivity contribution >= 4 is 18.2 Å². The van der Waals surface area contributed by atoms with Crippen molar-refractivity contribution in [3.05, 3.63) is 23.8 Å². The number of ether oxygens (including phenoxy) is 2. The molecule has 5 heteroatoms. The SMILES string of the molecule is CCCC(NC(C)(C)C)C(=O)c1ccc2c(c1)OCO2.Cl. The minimum Gasteiger partial charge on any atom is -0.454 e. The van der Waals surface area contributed by atoms with Gasteiger partial charge in [-0.15, -0.1) is 12.4 Å². The van der Waals surface area contributed by atoms with E-state index in [1.54, 1.807) is 12.1 Å². The number of hydrogen-bond donors (Lipinski definition) is 1. The third kappa shape index (κ3) is 4.61. The first-order valence-electron chi connectivity index (χ1n) is 7.12. The Hall–Kier alpha value is -1.26. The number of rotatable bonds is 5. The monoisotopic (exact) mass is 313 g/mol. The van der Waals surface area contributed by atoms with Crippen molar-refractivity contribution in [2.45, 2.75) is 52.1 Å². The first kappa shape index (κ1) is 17.8. The van der Waals surface area contributed by atoms with Crippen LogP contribution >= 0.6 is 12.4 Å². The van der Waals surface area contributed by atoms with E-state index in [0.717, 1.165) is 12.8 Å². The summed E-state index contributed by atoms with van der Waals surface area (Å²) in [6, 6.07) is 5.22. The molecule has 118 valence electrons. The molecule has 0 radical (unpaired) electrons. The molecule has 1 heterocycles. The molecule has 0 saturated heterocycles. The van der Waals surface area contributed by atoms with Crippen LogP contribution in [0.4, 0.5) is 0 Å². The predicted molar refractivity (Wildman–Crippen MR) is 85.7 cm³/mol. The van der Waals surface area contributed by atoms with Crippen LogP contribution in [0.3, 0.4) is 0 Å². The summed E-state index contributed by atoms with van der Waals surface area (Å²) < 4.78 is 10.6. The topological polar surface area (TPSA) is 47.6 Å². The van der Waals surface area contributed by atoms with Crippen molar-refractivity contribution in [3.63, 3.8) is 0 Å². The number of hydrogen-bond acceptors (Lipinski definition) is 4. The van der Waals surface area contributed by atoms with E-state index in [1.165, 1.54) is 0 Å². The summed E-state index contributed by atoms with van der Waals surface area (Å²) in [4.78, 5) is 12.7. The van der Waals surface area contributed by atoms with Crippen molar-refractivity contribution in [1.29, 1.82) is 0 Å². The van der Waals surface area contributed by atoms with E-state index in [4.69, 9.17) is 9.47 Å². The Balaban J connectivity index is 0.00000220. The fraction of sp³-hybridized carbons (Fsp3) is 0.562. The summed E-state index contributed by atoms with van der Waals surface area (Å²) >= 11 is 0. The zero-order valence-electron chi connectivity index (χ0n) is 13.1. The van der Waals surface area contributed by atoms with Gasteiger partial charge in [0.1, 0.15) is 0 Å². The molecule has 1 aliphatic heterocycles. The fourth-order valence-electron chi connectivity index (χ4n) is 2.33. The summed E-state index contributed by atoms with van der Waals surface area (Å²) in [7, 11) is 0. The van der Waals surface area contributed by atoms with Crippen LogP contribution in [0.15, 0.2) is 18.2 Å².